The minimum absolute atomic E-state index is 0.0547. The van der Waals surface area contributed by atoms with Gasteiger partial charge in [-0.25, -0.2) is 0 Å². The molecule has 1 aromatic carbocycles. The van der Waals surface area contributed by atoms with Gasteiger partial charge < -0.3 is 4.84 Å². The Labute approximate surface area is 141 Å². The van der Waals surface area contributed by atoms with Gasteiger partial charge in [-0.3, -0.25) is 9.59 Å². The lowest BCUT2D eigenvalue weighted by molar-refractivity contribution is 0.0474. The highest BCUT2D eigenvalue weighted by atomic mass is 79.9. The Morgan fingerprint density at radius 2 is 2.09 bits per heavy atom. The second kappa shape index (κ2) is 7.78. The molecule has 0 spiro atoms. The number of ketones is 2. The fourth-order valence-corrected chi connectivity index (χ4v) is 3.26. The Morgan fingerprint density at radius 3 is 2.68 bits per heavy atom. The molecule has 4 nitrogen and oxygen atoms in total. The van der Waals surface area contributed by atoms with E-state index in [-0.39, 0.29) is 18.0 Å². The average molecular weight is 382 g/mol. The van der Waals surface area contributed by atoms with Gasteiger partial charge in [-0.15, -0.1) is 11.3 Å². The Hall–Kier alpha value is -1.34. The molecule has 6 heteroatoms. The number of benzene rings is 1. The minimum Gasteiger partial charge on any atom is -0.304 e. The summed E-state index contributed by atoms with van der Waals surface area (Å²) >= 11 is 4.77. The van der Waals surface area contributed by atoms with Gasteiger partial charge >= 0.3 is 0 Å². The molecule has 0 saturated carbocycles. The summed E-state index contributed by atoms with van der Waals surface area (Å²) in [6.07, 6.45) is 0.0547. The molecule has 1 heterocycles. The molecule has 0 fully saturated rings. The number of halogens is 1. The molecule has 0 aliphatic heterocycles. The maximum atomic E-state index is 12.5. The van der Waals surface area contributed by atoms with E-state index in [2.05, 4.69) is 21.4 Å². The summed E-state index contributed by atoms with van der Waals surface area (Å²) in [4.78, 5) is 31.5. The second-order valence-corrected chi connectivity index (χ2v) is 6.99. The second-order valence-electron chi connectivity index (χ2n) is 4.79. The molecule has 2 rings (SSSR count). The number of carbonyl (C=O) groups excluding carboxylic acids is 2. The van der Waals surface area contributed by atoms with Crippen molar-refractivity contribution in [1.82, 2.24) is 5.48 Å². The van der Waals surface area contributed by atoms with Crippen LogP contribution in [0.3, 0.4) is 0 Å². The summed E-state index contributed by atoms with van der Waals surface area (Å²) in [7, 11) is 1.43. The van der Waals surface area contributed by atoms with Gasteiger partial charge in [-0.1, -0.05) is 28.1 Å². The van der Waals surface area contributed by atoms with Crippen molar-refractivity contribution in [2.24, 2.45) is 0 Å². The average Bonchev–Trinajstić information content (AvgIpc) is 2.92. The Balaban J connectivity index is 2.15. The van der Waals surface area contributed by atoms with Gasteiger partial charge in [-0.05, 0) is 31.2 Å². The number of rotatable bonds is 7. The third-order valence-electron chi connectivity index (χ3n) is 3.09. The molecule has 0 amide bonds. The largest absolute Gasteiger partial charge is 0.304 e. The maximum absolute atomic E-state index is 12.5. The topological polar surface area (TPSA) is 55.4 Å². The van der Waals surface area contributed by atoms with Gasteiger partial charge in [0, 0.05) is 21.3 Å². The standard InChI is InChI=1S/C16H16BrNO3S/c1-10-6-7-15(22-10)14(19)9-13(18-21-2)16(20)11-4-3-5-12(17)8-11/h3-8,13,18H,9H2,1-2H3. The number of hydroxylamine groups is 1. The van der Waals surface area contributed by atoms with Crippen molar-refractivity contribution in [2.45, 2.75) is 19.4 Å². The van der Waals surface area contributed by atoms with Crippen LogP contribution < -0.4 is 5.48 Å². The predicted molar refractivity (Wildman–Crippen MR) is 90.4 cm³/mol. The first-order valence-corrected chi connectivity index (χ1v) is 8.30. The van der Waals surface area contributed by atoms with Crippen LogP contribution in [0.15, 0.2) is 40.9 Å². The quantitative estimate of drug-likeness (QED) is 0.585. The molecule has 0 saturated heterocycles. The Morgan fingerprint density at radius 1 is 1.32 bits per heavy atom. The first-order valence-electron chi connectivity index (χ1n) is 6.69. The maximum Gasteiger partial charge on any atom is 0.182 e. The van der Waals surface area contributed by atoms with Crippen LogP contribution in [0.1, 0.15) is 31.3 Å². The minimum atomic E-state index is -0.714. The summed E-state index contributed by atoms with van der Waals surface area (Å²) < 4.78 is 0.815. The van der Waals surface area contributed by atoms with E-state index < -0.39 is 6.04 Å². The van der Waals surface area contributed by atoms with Gasteiger partial charge in [0.2, 0.25) is 0 Å². The predicted octanol–water partition coefficient (Wildman–Crippen LogP) is 3.79. The van der Waals surface area contributed by atoms with E-state index in [1.165, 1.54) is 18.4 Å². The van der Waals surface area contributed by atoms with E-state index in [0.717, 1.165) is 9.35 Å². The molecule has 116 valence electrons. The highest BCUT2D eigenvalue weighted by molar-refractivity contribution is 9.10. The fraction of sp³-hybridized carbons (Fsp3) is 0.250. The zero-order valence-electron chi connectivity index (χ0n) is 12.3. The molecule has 22 heavy (non-hydrogen) atoms. The van der Waals surface area contributed by atoms with Crippen LogP contribution in [0.5, 0.6) is 0 Å². The van der Waals surface area contributed by atoms with Crippen LogP contribution in [0.2, 0.25) is 0 Å². The number of hydrogen-bond acceptors (Lipinski definition) is 5. The normalized spacial score (nSPS) is 12.1. The van der Waals surface area contributed by atoms with Crippen molar-refractivity contribution in [3.05, 3.63) is 56.2 Å². The number of Topliss-reactive ketones (excluding diaryl/α,β-unsaturated/α-hetero) is 2. The third-order valence-corrected chi connectivity index (χ3v) is 4.63. The molecule has 0 aliphatic carbocycles. The van der Waals surface area contributed by atoms with Gasteiger partial charge in [0.15, 0.2) is 11.6 Å². The van der Waals surface area contributed by atoms with Crippen LogP contribution >= 0.6 is 27.3 Å². The van der Waals surface area contributed by atoms with Crippen LogP contribution in [-0.2, 0) is 4.84 Å². The molecule has 1 atom stereocenters. The van der Waals surface area contributed by atoms with E-state index in [9.17, 15) is 9.59 Å². The Bertz CT molecular complexity index is 684. The first kappa shape index (κ1) is 17.0. The smallest absolute Gasteiger partial charge is 0.182 e. The van der Waals surface area contributed by atoms with Crippen molar-refractivity contribution >= 4 is 38.8 Å². The van der Waals surface area contributed by atoms with Gasteiger partial charge in [0.1, 0.15) is 6.04 Å². The van der Waals surface area contributed by atoms with E-state index in [4.69, 9.17) is 4.84 Å². The van der Waals surface area contributed by atoms with Crippen molar-refractivity contribution in [1.29, 1.82) is 0 Å². The Kier molecular flexibility index (Phi) is 6.02. The van der Waals surface area contributed by atoms with Crippen LogP contribution in [0, 0.1) is 6.92 Å². The highest BCUT2D eigenvalue weighted by Crippen LogP contribution is 2.19. The summed E-state index contributed by atoms with van der Waals surface area (Å²) in [6.45, 7) is 1.94. The summed E-state index contributed by atoms with van der Waals surface area (Å²) in [5.41, 5.74) is 3.15. The van der Waals surface area contributed by atoms with E-state index >= 15 is 0 Å². The van der Waals surface area contributed by atoms with E-state index in [1.54, 1.807) is 24.3 Å². The van der Waals surface area contributed by atoms with Gasteiger partial charge in [0.25, 0.3) is 0 Å². The van der Waals surface area contributed by atoms with E-state index in [1.807, 2.05) is 19.1 Å². The van der Waals surface area contributed by atoms with Crippen molar-refractivity contribution in [2.75, 3.05) is 7.11 Å². The molecule has 2 aromatic rings. The van der Waals surface area contributed by atoms with E-state index in [0.29, 0.717) is 10.4 Å². The van der Waals surface area contributed by atoms with Crippen molar-refractivity contribution in [3.8, 4) is 0 Å². The SMILES string of the molecule is CONC(CC(=O)c1ccc(C)s1)C(=O)c1cccc(Br)c1. The van der Waals surface area contributed by atoms with Crippen molar-refractivity contribution < 1.29 is 14.4 Å². The van der Waals surface area contributed by atoms with Gasteiger partial charge in [0.05, 0.1) is 12.0 Å². The molecule has 0 radical (unpaired) electrons. The monoisotopic (exact) mass is 381 g/mol. The lowest BCUT2D eigenvalue weighted by Crippen LogP contribution is -2.38. The lowest BCUT2D eigenvalue weighted by Gasteiger charge is -2.15. The van der Waals surface area contributed by atoms with Crippen LogP contribution in [-0.4, -0.2) is 24.7 Å². The zero-order chi connectivity index (χ0) is 16.1. The number of nitrogens with one attached hydrogen (secondary N) is 1. The number of aryl methyl sites for hydroxylation is 1. The molecule has 1 N–H and O–H groups in total. The third kappa shape index (κ3) is 4.33. The lowest BCUT2D eigenvalue weighted by atomic mass is 10.00. The summed E-state index contributed by atoms with van der Waals surface area (Å²) in [5.74, 6) is -0.249. The molecule has 1 aromatic heterocycles. The number of hydrogen-bond donors (Lipinski definition) is 1. The number of carbonyl (C=O) groups is 2. The molecule has 0 aliphatic rings. The molecular weight excluding hydrogens is 366 g/mol. The molecule has 0 bridgehead atoms. The molecular formula is C16H16BrNO3S. The summed E-state index contributed by atoms with van der Waals surface area (Å²) in [6, 6.07) is 10.0. The molecule has 1 unspecified atom stereocenters. The fourth-order valence-electron chi connectivity index (χ4n) is 2.04. The van der Waals surface area contributed by atoms with Crippen LogP contribution in [0.25, 0.3) is 0 Å². The summed E-state index contributed by atoms with van der Waals surface area (Å²) in [5, 5.41) is 0. The van der Waals surface area contributed by atoms with Crippen LogP contribution in [0.4, 0.5) is 0 Å². The zero-order valence-corrected chi connectivity index (χ0v) is 14.7. The first-order chi connectivity index (χ1) is 10.5. The highest BCUT2D eigenvalue weighted by Gasteiger charge is 2.24. The van der Waals surface area contributed by atoms with Gasteiger partial charge in [-0.2, -0.15) is 5.48 Å². The number of thiophene rings is 1. The van der Waals surface area contributed by atoms with Crippen molar-refractivity contribution in [3.63, 3.8) is 0 Å².